The van der Waals surface area contributed by atoms with Crippen LogP contribution >= 0.6 is 0 Å². The lowest BCUT2D eigenvalue weighted by atomic mass is 10.2. The number of rotatable bonds is 3. The van der Waals surface area contributed by atoms with Crippen LogP contribution in [0.25, 0.3) is 5.82 Å². The van der Waals surface area contributed by atoms with Crippen molar-refractivity contribution >= 4 is 17.5 Å². The second-order valence-electron chi connectivity index (χ2n) is 4.51. The molecule has 3 rings (SSSR count). The maximum Gasteiger partial charge on any atom is 0.247 e. The van der Waals surface area contributed by atoms with Crippen molar-refractivity contribution < 1.29 is 9.59 Å². The van der Waals surface area contributed by atoms with Gasteiger partial charge in [0.2, 0.25) is 11.8 Å². The molecular formula is C13H13N5O2. The number of hydrogen-bond donors (Lipinski definition) is 2. The molecule has 1 atom stereocenters. The monoisotopic (exact) mass is 271 g/mol. The number of amides is 2. The Bertz CT molecular complexity index is 637. The predicted octanol–water partition coefficient (Wildman–Crippen LogP) is 0.484. The van der Waals surface area contributed by atoms with Gasteiger partial charge in [-0.1, -0.05) is 6.07 Å². The van der Waals surface area contributed by atoms with Crippen LogP contribution in [-0.4, -0.2) is 32.6 Å². The van der Waals surface area contributed by atoms with Gasteiger partial charge in [-0.3, -0.25) is 9.59 Å². The molecule has 7 heteroatoms. The number of pyridine rings is 1. The van der Waals surface area contributed by atoms with Crippen LogP contribution in [0, 0.1) is 0 Å². The first kappa shape index (κ1) is 12.3. The molecule has 3 heterocycles. The molecule has 2 amide bonds. The highest BCUT2D eigenvalue weighted by molar-refractivity contribution is 5.98. The summed E-state index contributed by atoms with van der Waals surface area (Å²) in [4.78, 5) is 27.2. The van der Waals surface area contributed by atoms with Crippen molar-refractivity contribution in [1.82, 2.24) is 20.1 Å². The molecule has 2 aromatic heterocycles. The fourth-order valence-electron chi connectivity index (χ4n) is 2.04. The number of anilines is 1. The first-order chi connectivity index (χ1) is 9.72. The molecule has 0 aromatic carbocycles. The second-order valence-corrected chi connectivity index (χ2v) is 4.51. The topological polar surface area (TPSA) is 88.9 Å². The van der Waals surface area contributed by atoms with Gasteiger partial charge < -0.3 is 10.6 Å². The number of hydrogen-bond acceptors (Lipinski definition) is 4. The lowest BCUT2D eigenvalue weighted by Gasteiger charge is -2.08. The highest BCUT2D eigenvalue weighted by Crippen LogP contribution is 2.12. The third-order valence-corrected chi connectivity index (χ3v) is 3.05. The first-order valence-electron chi connectivity index (χ1n) is 6.29. The van der Waals surface area contributed by atoms with Crippen molar-refractivity contribution in [3.05, 3.63) is 36.8 Å². The minimum Gasteiger partial charge on any atom is -0.344 e. The molecular weight excluding hydrogens is 258 g/mol. The Hall–Kier alpha value is -2.70. The highest BCUT2D eigenvalue weighted by atomic mass is 16.2. The molecule has 0 saturated carbocycles. The molecule has 20 heavy (non-hydrogen) atoms. The minimum absolute atomic E-state index is 0.0886. The highest BCUT2D eigenvalue weighted by Gasteiger charge is 2.27. The number of aromatic nitrogens is 3. The normalized spacial score (nSPS) is 17.8. The summed E-state index contributed by atoms with van der Waals surface area (Å²) in [6, 6.07) is 5.03. The average molecular weight is 271 g/mol. The van der Waals surface area contributed by atoms with Gasteiger partial charge >= 0.3 is 0 Å². The fourth-order valence-corrected chi connectivity index (χ4v) is 2.04. The number of nitrogens with one attached hydrogen (secondary N) is 2. The van der Waals surface area contributed by atoms with E-state index >= 15 is 0 Å². The molecule has 1 fully saturated rings. The lowest BCUT2D eigenvalue weighted by molar-refractivity contribution is -0.122. The van der Waals surface area contributed by atoms with Gasteiger partial charge in [-0.25, -0.2) is 9.67 Å². The Kier molecular flexibility index (Phi) is 3.16. The van der Waals surface area contributed by atoms with Crippen LogP contribution in [0.15, 0.2) is 36.8 Å². The van der Waals surface area contributed by atoms with Crippen LogP contribution in [0.1, 0.15) is 12.8 Å². The Labute approximate surface area is 115 Å². The zero-order chi connectivity index (χ0) is 13.9. The molecule has 2 N–H and O–H groups in total. The first-order valence-corrected chi connectivity index (χ1v) is 6.29. The van der Waals surface area contributed by atoms with E-state index in [0.29, 0.717) is 24.3 Å². The summed E-state index contributed by atoms with van der Waals surface area (Å²) in [6.07, 6.45) is 5.81. The quantitative estimate of drug-likeness (QED) is 0.850. The van der Waals surface area contributed by atoms with E-state index in [1.807, 2.05) is 18.2 Å². The Morgan fingerprint density at radius 1 is 1.45 bits per heavy atom. The fraction of sp³-hybridized carbons (Fsp3) is 0.231. The summed E-state index contributed by atoms with van der Waals surface area (Å²) in [5.74, 6) is 0.355. The van der Waals surface area contributed by atoms with Gasteiger partial charge in [-0.15, -0.1) is 0 Å². The molecule has 0 radical (unpaired) electrons. The molecule has 102 valence electrons. The van der Waals surface area contributed by atoms with E-state index in [1.54, 1.807) is 23.3 Å². The molecule has 0 spiro atoms. The van der Waals surface area contributed by atoms with Crippen LogP contribution < -0.4 is 10.6 Å². The van der Waals surface area contributed by atoms with Crippen LogP contribution in [0.3, 0.4) is 0 Å². The van der Waals surface area contributed by atoms with E-state index in [2.05, 4.69) is 20.7 Å². The molecule has 7 nitrogen and oxygen atoms in total. The summed E-state index contributed by atoms with van der Waals surface area (Å²) in [6.45, 7) is 0. The van der Waals surface area contributed by atoms with Gasteiger partial charge in [0.25, 0.3) is 0 Å². The molecule has 1 saturated heterocycles. The lowest BCUT2D eigenvalue weighted by Crippen LogP contribution is -2.37. The van der Waals surface area contributed by atoms with Crippen LogP contribution in [-0.2, 0) is 9.59 Å². The maximum absolute atomic E-state index is 11.9. The van der Waals surface area contributed by atoms with Crippen LogP contribution in [0.4, 0.5) is 5.69 Å². The molecule has 1 unspecified atom stereocenters. The Morgan fingerprint density at radius 2 is 2.35 bits per heavy atom. The van der Waals surface area contributed by atoms with Crippen molar-refractivity contribution in [1.29, 1.82) is 0 Å². The zero-order valence-corrected chi connectivity index (χ0v) is 10.6. The Morgan fingerprint density at radius 3 is 3.05 bits per heavy atom. The smallest absolute Gasteiger partial charge is 0.247 e. The van der Waals surface area contributed by atoms with Crippen molar-refractivity contribution in [2.75, 3.05) is 5.32 Å². The van der Waals surface area contributed by atoms with Crippen molar-refractivity contribution in [3.63, 3.8) is 0 Å². The van der Waals surface area contributed by atoms with E-state index in [1.165, 1.54) is 0 Å². The third kappa shape index (κ3) is 2.51. The Balaban J connectivity index is 1.68. The largest absolute Gasteiger partial charge is 0.344 e. The summed E-state index contributed by atoms with van der Waals surface area (Å²) in [5, 5.41) is 9.48. The maximum atomic E-state index is 11.9. The summed E-state index contributed by atoms with van der Waals surface area (Å²) in [5.41, 5.74) is 0.571. The van der Waals surface area contributed by atoms with Crippen molar-refractivity contribution in [3.8, 4) is 5.82 Å². The number of carbonyl (C=O) groups is 2. The molecule has 1 aliphatic rings. The summed E-state index contributed by atoms with van der Waals surface area (Å²) >= 11 is 0. The van der Waals surface area contributed by atoms with Gasteiger partial charge in [0.15, 0.2) is 5.82 Å². The minimum atomic E-state index is -0.458. The zero-order valence-electron chi connectivity index (χ0n) is 10.6. The van der Waals surface area contributed by atoms with Gasteiger partial charge in [-0.2, -0.15) is 5.10 Å². The van der Waals surface area contributed by atoms with Crippen molar-refractivity contribution in [2.24, 2.45) is 0 Å². The summed E-state index contributed by atoms with van der Waals surface area (Å²) in [7, 11) is 0. The third-order valence-electron chi connectivity index (χ3n) is 3.05. The SMILES string of the molecule is O=C1CCC(C(=O)Nc2cnn(-c3ccccn3)c2)N1. The van der Waals surface area contributed by atoms with Gasteiger partial charge in [0.1, 0.15) is 6.04 Å². The second kappa shape index (κ2) is 5.12. The van der Waals surface area contributed by atoms with Crippen LogP contribution in [0.2, 0.25) is 0 Å². The van der Waals surface area contributed by atoms with Crippen molar-refractivity contribution in [2.45, 2.75) is 18.9 Å². The van der Waals surface area contributed by atoms with Gasteiger partial charge in [-0.05, 0) is 18.6 Å². The van der Waals surface area contributed by atoms with Crippen LogP contribution in [0.5, 0.6) is 0 Å². The number of nitrogens with zero attached hydrogens (tertiary/aromatic N) is 3. The number of carbonyl (C=O) groups excluding carboxylic acids is 2. The predicted molar refractivity (Wildman–Crippen MR) is 71.2 cm³/mol. The van der Waals surface area contributed by atoms with E-state index in [0.717, 1.165) is 0 Å². The molecule has 0 aliphatic carbocycles. The molecule has 2 aromatic rings. The molecule has 0 bridgehead atoms. The van der Waals surface area contributed by atoms with E-state index in [4.69, 9.17) is 0 Å². The standard InChI is InChI=1S/C13H13N5O2/c19-12-5-4-10(17-12)13(20)16-9-7-15-18(8-9)11-3-1-2-6-14-11/h1-3,6-8,10H,4-5H2,(H,16,20)(H,17,19). The van der Waals surface area contributed by atoms with Gasteiger partial charge in [0, 0.05) is 12.6 Å². The van der Waals surface area contributed by atoms with E-state index in [-0.39, 0.29) is 11.8 Å². The van der Waals surface area contributed by atoms with E-state index < -0.39 is 6.04 Å². The molecule has 1 aliphatic heterocycles. The van der Waals surface area contributed by atoms with E-state index in [9.17, 15) is 9.59 Å². The average Bonchev–Trinajstić information content (AvgIpc) is 3.09. The summed E-state index contributed by atoms with van der Waals surface area (Å²) < 4.78 is 1.57. The van der Waals surface area contributed by atoms with Gasteiger partial charge in [0.05, 0.1) is 18.1 Å².